The quantitative estimate of drug-likeness (QED) is 0.870. The molecule has 0 unspecified atom stereocenters. The first kappa shape index (κ1) is 11.3. The fraction of sp³-hybridized carbons (Fsp3) is 0.583. The predicted molar refractivity (Wildman–Crippen MR) is 68.9 cm³/mol. The van der Waals surface area contributed by atoms with E-state index in [1.54, 1.807) is 0 Å². The molecule has 3 rings (SSSR count). The second-order valence-corrected chi connectivity index (χ2v) is 4.69. The van der Waals surface area contributed by atoms with Crippen molar-refractivity contribution >= 4 is 5.69 Å². The molecular formula is C12H18N6. The van der Waals surface area contributed by atoms with Crippen LogP contribution < -0.4 is 5.73 Å². The Morgan fingerprint density at radius 2 is 2.17 bits per heavy atom. The summed E-state index contributed by atoms with van der Waals surface area (Å²) in [7, 11) is 0. The minimum Gasteiger partial charge on any atom is -0.396 e. The van der Waals surface area contributed by atoms with Gasteiger partial charge in [0, 0.05) is 25.7 Å². The highest BCUT2D eigenvalue weighted by molar-refractivity contribution is 5.66. The van der Waals surface area contributed by atoms with Gasteiger partial charge in [-0.15, -0.1) is 10.2 Å². The maximum atomic E-state index is 6.02. The zero-order valence-electron chi connectivity index (χ0n) is 10.6. The van der Waals surface area contributed by atoms with Gasteiger partial charge in [-0.1, -0.05) is 6.42 Å². The second-order valence-electron chi connectivity index (χ2n) is 4.69. The van der Waals surface area contributed by atoms with Crippen LogP contribution in [0.25, 0.3) is 11.5 Å². The molecule has 2 aromatic rings. The number of hydrogen-bond acceptors (Lipinski definition) is 4. The smallest absolute Gasteiger partial charge is 0.186 e. The van der Waals surface area contributed by atoms with Crippen LogP contribution in [0.5, 0.6) is 0 Å². The van der Waals surface area contributed by atoms with E-state index >= 15 is 0 Å². The number of fused-ring (bicyclic) bond motifs is 1. The van der Waals surface area contributed by atoms with Crippen LogP contribution in [0.1, 0.15) is 32.0 Å². The van der Waals surface area contributed by atoms with Gasteiger partial charge in [0.2, 0.25) is 0 Å². The molecular weight excluding hydrogens is 228 g/mol. The zero-order chi connectivity index (χ0) is 12.5. The number of aryl methyl sites for hydroxylation is 2. The monoisotopic (exact) mass is 246 g/mol. The lowest BCUT2D eigenvalue weighted by Crippen LogP contribution is -2.04. The van der Waals surface area contributed by atoms with Gasteiger partial charge in [-0.05, 0) is 19.8 Å². The fourth-order valence-electron chi connectivity index (χ4n) is 2.43. The molecule has 2 aromatic heterocycles. The third-order valence-corrected chi connectivity index (χ3v) is 3.44. The summed E-state index contributed by atoms with van der Waals surface area (Å²) >= 11 is 0. The Morgan fingerprint density at radius 3 is 2.94 bits per heavy atom. The van der Waals surface area contributed by atoms with Gasteiger partial charge in [-0.2, -0.15) is 5.10 Å². The van der Waals surface area contributed by atoms with Gasteiger partial charge in [-0.25, -0.2) is 0 Å². The first-order valence-corrected chi connectivity index (χ1v) is 6.55. The van der Waals surface area contributed by atoms with Crippen molar-refractivity contribution in [2.24, 2.45) is 0 Å². The topological polar surface area (TPSA) is 74.6 Å². The van der Waals surface area contributed by atoms with E-state index in [4.69, 9.17) is 5.73 Å². The van der Waals surface area contributed by atoms with Gasteiger partial charge in [0.25, 0.3) is 0 Å². The minimum absolute atomic E-state index is 0.677. The van der Waals surface area contributed by atoms with Crippen LogP contribution in [0.15, 0.2) is 6.20 Å². The van der Waals surface area contributed by atoms with Crippen molar-refractivity contribution in [1.82, 2.24) is 24.5 Å². The predicted octanol–water partition coefficient (Wildman–Crippen LogP) is 1.47. The van der Waals surface area contributed by atoms with E-state index in [1.807, 2.05) is 17.8 Å². The molecule has 0 saturated carbocycles. The summed E-state index contributed by atoms with van der Waals surface area (Å²) in [5, 5.41) is 13.0. The van der Waals surface area contributed by atoms with Gasteiger partial charge in [0.1, 0.15) is 5.82 Å². The molecule has 0 atom stereocenters. The molecule has 96 valence electrons. The Kier molecular flexibility index (Phi) is 2.77. The standard InChI is InChI=1S/C12H18N6/c1-2-17-8-9(13)11(16-17)12-15-14-10-6-4-3-5-7-18(10)12/h8H,2-7,13H2,1H3. The summed E-state index contributed by atoms with van der Waals surface area (Å²) in [6.45, 7) is 3.82. The highest BCUT2D eigenvalue weighted by atomic mass is 15.3. The molecule has 0 spiro atoms. The molecule has 0 amide bonds. The third-order valence-electron chi connectivity index (χ3n) is 3.44. The molecule has 0 bridgehead atoms. The van der Waals surface area contributed by atoms with E-state index in [2.05, 4.69) is 19.9 Å². The number of nitrogen functional groups attached to an aromatic ring is 1. The third kappa shape index (κ3) is 1.77. The molecule has 1 aliphatic heterocycles. The number of nitrogens with zero attached hydrogens (tertiary/aromatic N) is 5. The van der Waals surface area contributed by atoms with Crippen molar-refractivity contribution < 1.29 is 0 Å². The highest BCUT2D eigenvalue weighted by Crippen LogP contribution is 2.25. The lowest BCUT2D eigenvalue weighted by molar-refractivity contribution is 0.630. The zero-order valence-corrected chi connectivity index (χ0v) is 10.6. The molecule has 0 radical (unpaired) electrons. The molecule has 6 nitrogen and oxygen atoms in total. The SMILES string of the molecule is CCn1cc(N)c(-c2nnc3n2CCCCC3)n1. The van der Waals surface area contributed by atoms with Gasteiger partial charge in [0.15, 0.2) is 11.5 Å². The number of rotatable bonds is 2. The van der Waals surface area contributed by atoms with Crippen molar-refractivity contribution in [2.75, 3.05) is 5.73 Å². The molecule has 0 aromatic carbocycles. The van der Waals surface area contributed by atoms with E-state index < -0.39 is 0 Å². The molecule has 3 heterocycles. The van der Waals surface area contributed by atoms with E-state index in [9.17, 15) is 0 Å². The Bertz CT molecular complexity index is 553. The summed E-state index contributed by atoms with van der Waals surface area (Å²) in [6.07, 6.45) is 6.47. The van der Waals surface area contributed by atoms with Crippen molar-refractivity contribution in [2.45, 2.75) is 45.7 Å². The van der Waals surface area contributed by atoms with Crippen LogP contribution in [-0.2, 0) is 19.5 Å². The first-order valence-electron chi connectivity index (χ1n) is 6.55. The largest absolute Gasteiger partial charge is 0.396 e. The molecule has 0 saturated heterocycles. The van der Waals surface area contributed by atoms with Crippen LogP contribution >= 0.6 is 0 Å². The van der Waals surface area contributed by atoms with Crippen LogP contribution in [0.2, 0.25) is 0 Å². The van der Waals surface area contributed by atoms with Crippen LogP contribution in [0.4, 0.5) is 5.69 Å². The molecule has 18 heavy (non-hydrogen) atoms. The van der Waals surface area contributed by atoms with Gasteiger partial charge < -0.3 is 10.3 Å². The van der Waals surface area contributed by atoms with Crippen LogP contribution in [-0.4, -0.2) is 24.5 Å². The molecule has 0 fully saturated rings. The molecule has 0 aliphatic carbocycles. The summed E-state index contributed by atoms with van der Waals surface area (Å²) in [5.74, 6) is 1.88. The second kappa shape index (κ2) is 4.44. The Hall–Kier alpha value is -1.85. The minimum atomic E-state index is 0.677. The summed E-state index contributed by atoms with van der Waals surface area (Å²) in [5.41, 5.74) is 7.45. The number of anilines is 1. The van der Waals surface area contributed by atoms with Crippen LogP contribution in [0, 0.1) is 0 Å². The van der Waals surface area contributed by atoms with Gasteiger partial charge in [-0.3, -0.25) is 4.68 Å². The van der Waals surface area contributed by atoms with Crippen molar-refractivity contribution in [3.05, 3.63) is 12.0 Å². The maximum absolute atomic E-state index is 6.02. The Labute approximate surface area is 106 Å². The summed E-state index contributed by atoms with van der Waals surface area (Å²) < 4.78 is 4.01. The highest BCUT2D eigenvalue weighted by Gasteiger charge is 2.19. The normalized spacial score (nSPS) is 15.4. The molecule has 2 N–H and O–H groups in total. The average Bonchev–Trinajstić information content (AvgIpc) is 2.85. The van der Waals surface area contributed by atoms with E-state index in [0.29, 0.717) is 5.69 Å². The van der Waals surface area contributed by atoms with Crippen molar-refractivity contribution in [3.63, 3.8) is 0 Å². The number of nitrogens with two attached hydrogens (primary N) is 1. The summed E-state index contributed by atoms with van der Waals surface area (Å²) in [6, 6.07) is 0. The Balaban J connectivity index is 2.06. The number of aromatic nitrogens is 5. The van der Waals surface area contributed by atoms with Gasteiger partial charge >= 0.3 is 0 Å². The van der Waals surface area contributed by atoms with Gasteiger partial charge in [0.05, 0.1) is 5.69 Å². The fourth-order valence-corrected chi connectivity index (χ4v) is 2.43. The van der Waals surface area contributed by atoms with Crippen LogP contribution in [0.3, 0.4) is 0 Å². The number of hydrogen-bond donors (Lipinski definition) is 1. The molecule has 6 heteroatoms. The maximum Gasteiger partial charge on any atom is 0.186 e. The molecule has 1 aliphatic rings. The Morgan fingerprint density at radius 1 is 1.28 bits per heavy atom. The van der Waals surface area contributed by atoms with E-state index in [0.717, 1.165) is 36.9 Å². The van der Waals surface area contributed by atoms with Crippen molar-refractivity contribution in [1.29, 1.82) is 0 Å². The lowest BCUT2D eigenvalue weighted by atomic mass is 10.2. The lowest BCUT2D eigenvalue weighted by Gasteiger charge is -2.05. The van der Waals surface area contributed by atoms with E-state index in [1.165, 1.54) is 19.3 Å². The van der Waals surface area contributed by atoms with E-state index in [-0.39, 0.29) is 0 Å². The van der Waals surface area contributed by atoms with Crippen molar-refractivity contribution in [3.8, 4) is 11.5 Å². The average molecular weight is 246 g/mol. The first-order chi connectivity index (χ1) is 8.79. The summed E-state index contributed by atoms with van der Waals surface area (Å²) in [4.78, 5) is 0.